The Labute approximate surface area is 139 Å². The predicted octanol–water partition coefficient (Wildman–Crippen LogP) is 1.40. The third kappa shape index (κ3) is 3.11. The Balaban J connectivity index is 1.64. The first-order valence-electron chi connectivity index (χ1n) is 7.95. The van der Waals surface area contributed by atoms with Gasteiger partial charge < -0.3 is 14.6 Å². The molecule has 1 aromatic carbocycles. The molecule has 2 heterocycles. The Morgan fingerprint density at radius 2 is 1.71 bits per heavy atom. The van der Waals surface area contributed by atoms with Crippen molar-refractivity contribution in [3.05, 3.63) is 35.6 Å². The zero-order valence-corrected chi connectivity index (χ0v) is 13.8. The monoisotopic (exact) mass is 333 g/mol. The number of halogens is 1. The van der Waals surface area contributed by atoms with Gasteiger partial charge in [-0.25, -0.2) is 4.39 Å². The molecule has 0 bridgehead atoms. The van der Waals surface area contributed by atoms with Crippen molar-refractivity contribution in [3.8, 4) is 0 Å². The van der Waals surface area contributed by atoms with Gasteiger partial charge in [0, 0.05) is 39.5 Å². The average Bonchev–Trinajstić information content (AvgIpc) is 2.98. The standard InChI is InChI=1S/C17H20FN3O3/c1-12(22)20-7-9-21(10-8-20)16(23)17(2)11-15(19-24-17)13-3-5-14(18)6-4-13/h3-6H,7-11H2,1-2H3. The van der Waals surface area contributed by atoms with E-state index in [9.17, 15) is 14.0 Å². The van der Waals surface area contributed by atoms with Gasteiger partial charge in [-0.1, -0.05) is 17.3 Å². The average molecular weight is 333 g/mol. The van der Waals surface area contributed by atoms with E-state index < -0.39 is 5.60 Å². The van der Waals surface area contributed by atoms with Crippen molar-refractivity contribution in [3.63, 3.8) is 0 Å². The zero-order chi connectivity index (χ0) is 17.3. The molecule has 1 saturated heterocycles. The third-order valence-corrected chi connectivity index (χ3v) is 4.50. The van der Waals surface area contributed by atoms with Gasteiger partial charge in [-0.05, 0) is 24.6 Å². The molecule has 2 aliphatic rings. The fraction of sp³-hybridized carbons (Fsp3) is 0.471. The van der Waals surface area contributed by atoms with E-state index in [-0.39, 0.29) is 17.6 Å². The van der Waals surface area contributed by atoms with Crippen molar-refractivity contribution in [2.45, 2.75) is 25.9 Å². The second-order valence-corrected chi connectivity index (χ2v) is 6.34. The normalized spacial score (nSPS) is 23.7. The number of nitrogens with zero attached hydrogens (tertiary/aromatic N) is 3. The summed E-state index contributed by atoms with van der Waals surface area (Å²) in [5, 5.41) is 4.03. The summed E-state index contributed by atoms with van der Waals surface area (Å²) < 4.78 is 13.0. The minimum absolute atomic E-state index is 0.0207. The topological polar surface area (TPSA) is 62.2 Å². The molecule has 0 N–H and O–H groups in total. The summed E-state index contributed by atoms with van der Waals surface area (Å²) in [6, 6.07) is 5.96. The molecule has 3 rings (SSSR count). The van der Waals surface area contributed by atoms with Gasteiger partial charge in [0.05, 0.1) is 5.71 Å². The van der Waals surface area contributed by atoms with Crippen LogP contribution < -0.4 is 0 Å². The molecular formula is C17H20FN3O3. The minimum atomic E-state index is -1.05. The molecule has 2 aliphatic heterocycles. The molecule has 0 saturated carbocycles. The van der Waals surface area contributed by atoms with Crippen LogP contribution in [0.15, 0.2) is 29.4 Å². The van der Waals surface area contributed by atoms with Crippen molar-refractivity contribution >= 4 is 17.5 Å². The lowest BCUT2D eigenvalue weighted by atomic mass is 9.94. The number of carbonyl (C=O) groups excluding carboxylic acids is 2. The Hall–Kier alpha value is -2.44. The summed E-state index contributed by atoms with van der Waals surface area (Å²) in [6.07, 6.45) is 0.338. The molecular weight excluding hydrogens is 313 g/mol. The Morgan fingerprint density at radius 1 is 1.12 bits per heavy atom. The summed E-state index contributed by atoms with van der Waals surface area (Å²) in [6.45, 7) is 5.28. The van der Waals surface area contributed by atoms with E-state index >= 15 is 0 Å². The highest BCUT2D eigenvalue weighted by Gasteiger charge is 2.45. The maximum Gasteiger partial charge on any atom is 0.269 e. The summed E-state index contributed by atoms with van der Waals surface area (Å²) in [5.41, 5.74) is 0.324. The van der Waals surface area contributed by atoms with Gasteiger partial charge >= 0.3 is 0 Å². The lowest BCUT2D eigenvalue weighted by molar-refractivity contribution is -0.156. The molecule has 7 heteroatoms. The largest absolute Gasteiger partial charge is 0.379 e. The van der Waals surface area contributed by atoms with E-state index in [1.165, 1.54) is 19.1 Å². The maximum atomic E-state index is 13.0. The first-order valence-corrected chi connectivity index (χ1v) is 7.95. The summed E-state index contributed by atoms with van der Waals surface area (Å²) in [5.74, 6) is -0.431. The number of amides is 2. The Bertz CT molecular complexity index is 681. The van der Waals surface area contributed by atoms with Crippen LogP contribution >= 0.6 is 0 Å². The van der Waals surface area contributed by atoms with E-state index in [2.05, 4.69) is 5.16 Å². The van der Waals surface area contributed by atoms with Crippen LogP contribution in [0.4, 0.5) is 4.39 Å². The van der Waals surface area contributed by atoms with Crippen molar-refractivity contribution < 1.29 is 18.8 Å². The summed E-state index contributed by atoms with van der Waals surface area (Å²) >= 11 is 0. The second-order valence-electron chi connectivity index (χ2n) is 6.34. The van der Waals surface area contributed by atoms with Crippen LogP contribution in [0.1, 0.15) is 25.8 Å². The number of carbonyl (C=O) groups is 2. The summed E-state index contributed by atoms with van der Waals surface area (Å²) in [4.78, 5) is 33.0. The van der Waals surface area contributed by atoms with Crippen molar-refractivity contribution in [2.75, 3.05) is 26.2 Å². The minimum Gasteiger partial charge on any atom is -0.379 e. The molecule has 128 valence electrons. The van der Waals surface area contributed by atoms with E-state index in [0.717, 1.165) is 5.56 Å². The number of hydrogen-bond donors (Lipinski definition) is 0. The van der Waals surface area contributed by atoms with Crippen LogP contribution in [0.5, 0.6) is 0 Å². The van der Waals surface area contributed by atoms with Gasteiger partial charge in [0.1, 0.15) is 5.82 Å². The van der Waals surface area contributed by atoms with Crippen LogP contribution in [0.25, 0.3) is 0 Å². The molecule has 0 aromatic heterocycles. The molecule has 0 radical (unpaired) electrons. The van der Waals surface area contributed by atoms with Crippen LogP contribution in [-0.4, -0.2) is 59.1 Å². The van der Waals surface area contributed by atoms with E-state index in [4.69, 9.17) is 4.84 Å². The SMILES string of the molecule is CC(=O)N1CCN(C(=O)C2(C)CC(c3ccc(F)cc3)=NO2)CC1. The smallest absolute Gasteiger partial charge is 0.269 e. The Kier molecular flexibility index (Phi) is 4.26. The van der Waals surface area contributed by atoms with Crippen molar-refractivity contribution in [1.82, 2.24) is 9.80 Å². The van der Waals surface area contributed by atoms with E-state index in [0.29, 0.717) is 38.3 Å². The van der Waals surface area contributed by atoms with Crippen molar-refractivity contribution in [2.24, 2.45) is 5.16 Å². The molecule has 0 spiro atoms. The van der Waals surface area contributed by atoms with Gasteiger partial charge in [0.25, 0.3) is 5.91 Å². The number of hydrogen-bond acceptors (Lipinski definition) is 4. The maximum absolute atomic E-state index is 13.0. The number of benzene rings is 1. The molecule has 0 aliphatic carbocycles. The highest BCUT2D eigenvalue weighted by atomic mass is 19.1. The molecule has 1 atom stereocenters. The number of piperazine rings is 1. The van der Waals surface area contributed by atoms with Gasteiger partial charge in [-0.15, -0.1) is 0 Å². The van der Waals surface area contributed by atoms with E-state index in [1.807, 2.05) is 0 Å². The predicted molar refractivity (Wildman–Crippen MR) is 85.9 cm³/mol. The zero-order valence-electron chi connectivity index (χ0n) is 13.8. The van der Waals surface area contributed by atoms with Gasteiger partial charge in [0.2, 0.25) is 11.5 Å². The van der Waals surface area contributed by atoms with Crippen LogP contribution in [-0.2, 0) is 14.4 Å². The van der Waals surface area contributed by atoms with Crippen LogP contribution in [0.2, 0.25) is 0 Å². The fourth-order valence-corrected chi connectivity index (χ4v) is 3.01. The van der Waals surface area contributed by atoms with Crippen LogP contribution in [0, 0.1) is 5.82 Å². The highest BCUT2D eigenvalue weighted by molar-refractivity contribution is 6.05. The molecule has 6 nitrogen and oxygen atoms in total. The van der Waals surface area contributed by atoms with E-state index in [1.54, 1.807) is 28.9 Å². The molecule has 1 unspecified atom stereocenters. The van der Waals surface area contributed by atoms with Gasteiger partial charge in [-0.3, -0.25) is 9.59 Å². The van der Waals surface area contributed by atoms with Gasteiger partial charge in [0.15, 0.2) is 0 Å². The lowest BCUT2D eigenvalue weighted by Crippen LogP contribution is -2.55. The molecule has 2 amide bonds. The van der Waals surface area contributed by atoms with Crippen LogP contribution in [0.3, 0.4) is 0 Å². The van der Waals surface area contributed by atoms with Crippen molar-refractivity contribution in [1.29, 1.82) is 0 Å². The lowest BCUT2D eigenvalue weighted by Gasteiger charge is -2.37. The third-order valence-electron chi connectivity index (χ3n) is 4.50. The molecule has 1 aromatic rings. The Morgan fingerprint density at radius 3 is 2.29 bits per heavy atom. The highest BCUT2D eigenvalue weighted by Crippen LogP contribution is 2.29. The second kappa shape index (κ2) is 6.22. The number of oxime groups is 1. The number of rotatable bonds is 2. The first kappa shape index (κ1) is 16.4. The fourth-order valence-electron chi connectivity index (χ4n) is 3.01. The summed E-state index contributed by atoms with van der Waals surface area (Å²) in [7, 11) is 0. The first-order chi connectivity index (χ1) is 11.4. The quantitative estimate of drug-likeness (QED) is 0.822. The van der Waals surface area contributed by atoms with Gasteiger partial charge in [-0.2, -0.15) is 0 Å². The molecule has 24 heavy (non-hydrogen) atoms. The molecule has 1 fully saturated rings.